The predicted molar refractivity (Wildman–Crippen MR) is 97.6 cm³/mol. The van der Waals surface area contributed by atoms with Gasteiger partial charge in [0.25, 0.3) is 11.8 Å². The molecule has 1 saturated heterocycles. The molecule has 1 aromatic carbocycles. The van der Waals surface area contributed by atoms with Crippen molar-refractivity contribution in [1.29, 1.82) is 0 Å². The third kappa shape index (κ3) is 3.47. The van der Waals surface area contributed by atoms with Crippen LogP contribution in [0.5, 0.6) is 0 Å². The van der Waals surface area contributed by atoms with E-state index in [1.807, 2.05) is 0 Å². The number of nitrogens with zero attached hydrogens (tertiary/aromatic N) is 3. The van der Waals surface area contributed by atoms with Gasteiger partial charge in [0, 0.05) is 11.9 Å². The van der Waals surface area contributed by atoms with E-state index in [4.69, 9.17) is 4.42 Å². The molecule has 1 aliphatic rings. The molecule has 7 nitrogen and oxygen atoms in total. The van der Waals surface area contributed by atoms with E-state index < -0.39 is 41.4 Å². The number of carbonyl (C=O) groups is 1. The van der Waals surface area contributed by atoms with Crippen LogP contribution in [-0.4, -0.2) is 33.6 Å². The quantitative estimate of drug-likeness (QED) is 0.599. The minimum atomic E-state index is -4.47. The minimum absolute atomic E-state index is 0.0754. The largest absolute Gasteiger partial charge is 0.418 e. The molecule has 0 saturated carbocycles. The Morgan fingerprint density at radius 2 is 1.84 bits per heavy atom. The van der Waals surface area contributed by atoms with E-state index in [1.165, 1.54) is 18.3 Å². The Bertz CT molecular complexity index is 1130. The first kappa shape index (κ1) is 20.7. The van der Waals surface area contributed by atoms with E-state index in [0.29, 0.717) is 5.69 Å². The fourth-order valence-electron chi connectivity index (χ4n) is 3.06. The molecule has 1 atom stereocenters. The molecule has 3 aromatic rings. The number of anilines is 2. The van der Waals surface area contributed by atoms with Crippen LogP contribution in [0.2, 0.25) is 0 Å². The summed E-state index contributed by atoms with van der Waals surface area (Å²) in [7, 11) is 0. The van der Waals surface area contributed by atoms with Gasteiger partial charge < -0.3 is 15.1 Å². The maximum absolute atomic E-state index is 14.3. The number of rotatable bonds is 4. The van der Waals surface area contributed by atoms with Crippen LogP contribution in [0.25, 0.3) is 11.6 Å². The summed E-state index contributed by atoms with van der Waals surface area (Å²) in [6.07, 6.45) is -3.08. The van der Waals surface area contributed by atoms with Crippen LogP contribution < -0.4 is 10.6 Å². The second-order valence-electron chi connectivity index (χ2n) is 7.02. The molecule has 2 aromatic heterocycles. The number of carbonyl (C=O) groups excluding carboxylic acids is 1. The van der Waals surface area contributed by atoms with Crippen LogP contribution in [0, 0.1) is 0 Å². The van der Waals surface area contributed by atoms with Gasteiger partial charge in [0.1, 0.15) is 0 Å². The lowest BCUT2D eigenvalue weighted by Gasteiger charge is -2.23. The Kier molecular flexibility index (Phi) is 4.67. The van der Waals surface area contributed by atoms with Gasteiger partial charge in [-0.05, 0) is 43.3 Å². The Balaban J connectivity index is 1.65. The number of aromatic nitrogens is 3. The number of benzene rings is 1. The molecule has 1 amide bonds. The lowest BCUT2D eigenvalue weighted by atomic mass is 9.85. The second kappa shape index (κ2) is 7.00. The van der Waals surface area contributed by atoms with Crippen molar-refractivity contribution in [3.05, 3.63) is 54.0 Å². The molecule has 0 spiro atoms. The maximum Gasteiger partial charge on any atom is 0.416 e. The van der Waals surface area contributed by atoms with Crippen LogP contribution in [0.15, 0.2) is 47.0 Å². The molecule has 162 valence electrons. The van der Waals surface area contributed by atoms with Crippen molar-refractivity contribution < 1.29 is 31.2 Å². The van der Waals surface area contributed by atoms with E-state index in [0.717, 1.165) is 19.1 Å². The maximum atomic E-state index is 14.3. The summed E-state index contributed by atoms with van der Waals surface area (Å²) >= 11 is 0. The van der Waals surface area contributed by atoms with Crippen molar-refractivity contribution in [3.8, 4) is 11.6 Å². The average Bonchev–Trinajstić information content (AvgIpc) is 3.28. The molecule has 1 fully saturated rings. The standard InChI is InChI=1S/C19H14F5N5O2/c1-17(15(30)26-9-18(17,20)21)16-29-28-14(31-16)13-12(3-2-8-25-13)27-11-6-4-10(5-7-11)19(22,23)24/h2-8,27H,9H2,1H3,(H,26,30)/t17-/m0/s1. The van der Waals surface area contributed by atoms with E-state index in [-0.39, 0.29) is 17.3 Å². The normalized spacial score (nSPS) is 20.5. The molecule has 31 heavy (non-hydrogen) atoms. The van der Waals surface area contributed by atoms with Gasteiger partial charge in [-0.3, -0.25) is 4.79 Å². The molecular formula is C19H14F5N5O2. The summed E-state index contributed by atoms with van der Waals surface area (Å²) in [6.45, 7) is 0.150. The summed E-state index contributed by atoms with van der Waals surface area (Å²) in [4.78, 5) is 16.1. The Morgan fingerprint density at radius 3 is 2.45 bits per heavy atom. The van der Waals surface area contributed by atoms with Gasteiger partial charge in [0.2, 0.25) is 11.8 Å². The monoisotopic (exact) mass is 439 g/mol. The van der Waals surface area contributed by atoms with Crippen LogP contribution in [0.1, 0.15) is 18.4 Å². The highest BCUT2D eigenvalue weighted by Crippen LogP contribution is 2.43. The molecule has 0 bridgehead atoms. The van der Waals surface area contributed by atoms with Crippen molar-refractivity contribution in [1.82, 2.24) is 20.5 Å². The zero-order chi connectivity index (χ0) is 22.4. The first-order valence-corrected chi connectivity index (χ1v) is 8.92. The second-order valence-corrected chi connectivity index (χ2v) is 7.02. The van der Waals surface area contributed by atoms with E-state index in [9.17, 15) is 26.7 Å². The molecule has 1 aliphatic heterocycles. The highest BCUT2D eigenvalue weighted by molar-refractivity contribution is 5.90. The van der Waals surface area contributed by atoms with Gasteiger partial charge in [-0.2, -0.15) is 13.2 Å². The van der Waals surface area contributed by atoms with Gasteiger partial charge in [0.05, 0.1) is 17.8 Å². The SMILES string of the molecule is C[C@@]1(c2nnc(-c3ncccc3Nc3ccc(C(F)(F)F)cc3)o2)C(=O)NCC1(F)F. The topological polar surface area (TPSA) is 92.9 Å². The molecule has 4 rings (SSSR count). The van der Waals surface area contributed by atoms with Gasteiger partial charge >= 0.3 is 6.18 Å². The van der Waals surface area contributed by atoms with Crippen LogP contribution >= 0.6 is 0 Å². The lowest BCUT2D eigenvalue weighted by molar-refractivity contribution is -0.137. The highest BCUT2D eigenvalue weighted by Gasteiger charge is 2.64. The smallest absolute Gasteiger partial charge is 0.416 e. The number of hydrogen-bond donors (Lipinski definition) is 2. The zero-order valence-electron chi connectivity index (χ0n) is 15.8. The van der Waals surface area contributed by atoms with Crippen LogP contribution in [-0.2, 0) is 16.4 Å². The van der Waals surface area contributed by atoms with Gasteiger partial charge in [-0.15, -0.1) is 10.2 Å². The fraction of sp³-hybridized carbons (Fsp3) is 0.263. The summed E-state index contributed by atoms with van der Waals surface area (Å²) < 4.78 is 72.2. The Hall–Kier alpha value is -3.57. The molecule has 0 radical (unpaired) electrons. The number of amides is 1. The predicted octanol–water partition coefficient (Wildman–Crippen LogP) is 3.92. The van der Waals surface area contributed by atoms with Gasteiger partial charge in [-0.25, -0.2) is 13.8 Å². The van der Waals surface area contributed by atoms with Crippen molar-refractivity contribution in [2.24, 2.45) is 0 Å². The summed E-state index contributed by atoms with van der Waals surface area (Å²) in [5.41, 5.74) is -2.48. The summed E-state index contributed by atoms with van der Waals surface area (Å²) in [6, 6.07) is 7.36. The molecular weight excluding hydrogens is 425 g/mol. The average molecular weight is 439 g/mol. The Morgan fingerprint density at radius 1 is 1.13 bits per heavy atom. The van der Waals surface area contributed by atoms with E-state index >= 15 is 0 Å². The first-order chi connectivity index (χ1) is 14.5. The molecule has 2 N–H and O–H groups in total. The third-order valence-electron chi connectivity index (χ3n) is 5.01. The van der Waals surface area contributed by atoms with E-state index in [1.54, 1.807) is 12.1 Å². The number of pyridine rings is 1. The van der Waals surface area contributed by atoms with Crippen molar-refractivity contribution in [2.75, 3.05) is 11.9 Å². The molecule has 3 heterocycles. The summed E-state index contributed by atoms with van der Waals surface area (Å²) in [5.74, 6) is -5.20. The molecule has 0 aliphatic carbocycles. The van der Waals surface area contributed by atoms with Crippen molar-refractivity contribution in [3.63, 3.8) is 0 Å². The first-order valence-electron chi connectivity index (χ1n) is 8.92. The minimum Gasteiger partial charge on any atom is -0.418 e. The van der Waals surface area contributed by atoms with E-state index in [2.05, 4.69) is 25.8 Å². The van der Waals surface area contributed by atoms with Crippen molar-refractivity contribution in [2.45, 2.75) is 24.4 Å². The Labute approximate surface area is 171 Å². The van der Waals surface area contributed by atoms with Crippen molar-refractivity contribution >= 4 is 17.3 Å². The molecule has 0 unspecified atom stereocenters. The van der Waals surface area contributed by atoms with Gasteiger partial charge in [0.15, 0.2) is 11.1 Å². The van der Waals surface area contributed by atoms with Crippen LogP contribution in [0.3, 0.4) is 0 Å². The number of halogens is 5. The van der Waals surface area contributed by atoms with Gasteiger partial charge in [-0.1, -0.05) is 0 Å². The molecule has 12 heteroatoms. The summed E-state index contributed by atoms with van der Waals surface area (Å²) in [5, 5.41) is 12.3. The fourth-order valence-corrected chi connectivity index (χ4v) is 3.06. The number of alkyl halides is 5. The highest BCUT2D eigenvalue weighted by atomic mass is 19.4. The van der Waals surface area contributed by atoms with Crippen LogP contribution in [0.4, 0.5) is 33.3 Å². The number of nitrogens with one attached hydrogen (secondary N) is 2. The zero-order valence-corrected chi connectivity index (χ0v) is 15.8. The number of hydrogen-bond acceptors (Lipinski definition) is 6. The third-order valence-corrected chi connectivity index (χ3v) is 5.01. The lowest BCUT2D eigenvalue weighted by Crippen LogP contribution is -2.44.